The minimum atomic E-state index is -0.267. The van der Waals surface area contributed by atoms with Crippen LogP contribution in [0.2, 0.25) is 0 Å². The molecule has 0 N–H and O–H groups in total. The fourth-order valence-corrected chi connectivity index (χ4v) is 3.08. The summed E-state index contributed by atoms with van der Waals surface area (Å²) in [4.78, 5) is 22.6. The zero-order valence-corrected chi connectivity index (χ0v) is 13.5. The number of aliphatic imine (C=N–C) groups is 2. The van der Waals surface area contributed by atoms with Crippen LogP contribution in [0.5, 0.6) is 0 Å². The first-order valence-corrected chi connectivity index (χ1v) is 7.98. The first-order valence-electron chi connectivity index (χ1n) is 7.98. The van der Waals surface area contributed by atoms with Crippen LogP contribution in [0.1, 0.15) is 5.56 Å². The van der Waals surface area contributed by atoms with Crippen molar-refractivity contribution in [3.8, 4) is 0 Å². The summed E-state index contributed by atoms with van der Waals surface area (Å²) in [5, 5.41) is 0. The van der Waals surface area contributed by atoms with E-state index in [0.29, 0.717) is 24.2 Å². The number of likely N-dealkylation sites (tertiary alicyclic amines) is 1. The molecule has 24 heavy (non-hydrogen) atoms. The van der Waals surface area contributed by atoms with E-state index in [1.807, 2.05) is 49.1 Å². The number of carbonyl (C=O) groups is 1. The Labute approximate surface area is 140 Å². The lowest BCUT2D eigenvalue weighted by atomic mass is 9.95. The van der Waals surface area contributed by atoms with E-state index in [2.05, 4.69) is 17.0 Å². The Morgan fingerprint density at radius 2 is 2.12 bits per heavy atom. The van der Waals surface area contributed by atoms with Gasteiger partial charge in [0.25, 0.3) is 0 Å². The van der Waals surface area contributed by atoms with Crippen molar-refractivity contribution in [1.82, 2.24) is 4.90 Å². The summed E-state index contributed by atoms with van der Waals surface area (Å²) in [5.41, 5.74) is 3.10. The van der Waals surface area contributed by atoms with Gasteiger partial charge in [-0.1, -0.05) is 30.3 Å². The average Bonchev–Trinajstić information content (AvgIpc) is 2.90. The Morgan fingerprint density at radius 3 is 2.92 bits per heavy atom. The summed E-state index contributed by atoms with van der Waals surface area (Å²) >= 11 is 0. The smallest absolute Gasteiger partial charge is 0.410 e. The molecule has 3 heterocycles. The van der Waals surface area contributed by atoms with Crippen LogP contribution >= 0.6 is 0 Å². The molecule has 0 aliphatic carbocycles. The molecule has 1 saturated heterocycles. The van der Waals surface area contributed by atoms with Gasteiger partial charge in [-0.2, -0.15) is 0 Å². The molecule has 4 rings (SSSR count). The molecule has 3 aliphatic rings. The second kappa shape index (κ2) is 5.72. The molecule has 1 amide bonds. The molecular formula is C18H19N4O2+. The van der Waals surface area contributed by atoms with Crippen molar-refractivity contribution in [2.75, 3.05) is 20.1 Å². The van der Waals surface area contributed by atoms with Crippen molar-refractivity contribution in [1.29, 1.82) is 0 Å². The van der Waals surface area contributed by atoms with Gasteiger partial charge >= 0.3 is 6.09 Å². The van der Waals surface area contributed by atoms with E-state index >= 15 is 0 Å². The van der Waals surface area contributed by atoms with Crippen LogP contribution < -0.4 is 0 Å². The van der Waals surface area contributed by atoms with Gasteiger partial charge in [-0.25, -0.2) is 14.3 Å². The minimum Gasteiger partial charge on any atom is -0.445 e. The third-order valence-corrected chi connectivity index (χ3v) is 4.61. The summed E-state index contributed by atoms with van der Waals surface area (Å²) in [6.07, 6.45) is 7.28. The number of fused-ring (bicyclic) bond motifs is 1. The minimum absolute atomic E-state index is 0.249. The molecule has 0 radical (unpaired) electrons. The van der Waals surface area contributed by atoms with Crippen LogP contribution in [0.3, 0.4) is 0 Å². The maximum Gasteiger partial charge on any atom is 0.410 e. The highest BCUT2D eigenvalue weighted by Gasteiger charge is 2.42. The Hall–Kier alpha value is -2.73. The Bertz CT molecular complexity index is 775. The first kappa shape index (κ1) is 14.8. The highest BCUT2D eigenvalue weighted by Crippen LogP contribution is 2.34. The second-order valence-electron chi connectivity index (χ2n) is 6.38. The van der Waals surface area contributed by atoms with Gasteiger partial charge in [0.05, 0.1) is 19.5 Å². The number of hydrogen-bond acceptors (Lipinski definition) is 4. The highest BCUT2D eigenvalue weighted by molar-refractivity contribution is 5.83. The summed E-state index contributed by atoms with van der Waals surface area (Å²) in [6, 6.07) is 9.70. The van der Waals surface area contributed by atoms with Crippen molar-refractivity contribution in [2.24, 2.45) is 15.9 Å². The summed E-state index contributed by atoms with van der Waals surface area (Å²) in [7, 11) is 2.07. The molecule has 0 aromatic heterocycles. The number of nitrogens with zero attached hydrogens (tertiary/aromatic N) is 4. The lowest BCUT2D eigenvalue weighted by Crippen LogP contribution is -2.51. The molecule has 122 valence electrons. The molecule has 0 saturated carbocycles. The lowest BCUT2D eigenvalue weighted by Gasteiger charge is -2.38. The topological polar surface area (TPSA) is 54.3 Å². The van der Waals surface area contributed by atoms with Crippen molar-refractivity contribution in [2.45, 2.75) is 6.61 Å². The number of allylic oxidation sites excluding steroid dienone is 1. The molecule has 1 aromatic rings. The van der Waals surface area contributed by atoms with E-state index in [1.54, 1.807) is 11.1 Å². The number of rotatable bonds is 3. The molecule has 1 fully saturated rings. The zero-order valence-electron chi connectivity index (χ0n) is 13.5. The Balaban J connectivity index is 1.34. The van der Waals surface area contributed by atoms with Gasteiger partial charge in [-0.3, -0.25) is 4.99 Å². The second-order valence-corrected chi connectivity index (χ2v) is 6.38. The molecule has 0 bridgehead atoms. The van der Waals surface area contributed by atoms with Gasteiger partial charge in [0.2, 0.25) is 0 Å². The Morgan fingerprint density at radius 1 is 1.33 bits per heavy atom. The van der Waals surface area contributed by atoms with E-state index in [-0.39, 0.29) is 12.0 Å². The SMILES string of the molecule is C[N+]12C=CN=CC1=C(C1CN(C(=O)OCc3ccccc3)C1)N=C2. The maximum atomic E-state index is 12.1. The fourth-order valence-electron chi connectivity index (χ4n) is 3.08. The van der Waals surface area contributed by atoms with Gasteiger partial charge in [-0.05, 0) is 5.56 Å². The van der Waals surface area contributed by atoms with E-state index in [0.717, 1.165) is 17.0 Å². The molecule has 1 atom stereocenters. The van der Waals surface area contributed by atoms with Crippen molar-refractivity contribution < 1.29 is 14.0 Å². The number of ether oxygens (including phenoxy) is 1. The Kier molecular flexibility index (Phi) is 3.54. The van der Waals surface area contributed by atoms with E-state index in [4.69, 9.17) is 4.74 Å². The monoisotopic (exact) mass is 323 g/mol. The third kappa shape index (κ3) is 2.55. The van der Waals surface area contributed by atoms with Gasteiger partial charge in [0, 0.05) is 19.0 Å². The largest absolute Gasteiger partial charge is 0.445 e. The van der Waals surface area contributed by atoms with E-state index in [9.17, 15) is 4.79 Å². The third-order valence-electron chi connectivity index (χ3n) is 4.61. The molecular weight excluding hydrogens is 304 g/mol. The summed E-state index contributed by atoms with van der Waals surface area (Å²) < 4.78 is 5.91. The predicted molar refractivity (Wildman–Crippen MR) is 91.0 cm³/mol. The number of benzene rings is 1. The van der Waals surface area contributed by atoms with Gasteiger partial charge in [0.1, 0.15) is 18.5 Å². The van der Waals surface area contributed by atoms with Crippen LogP contribution in [0.4, 0.5) is 4.79 Å². The van der Waals surface area contributed by atoms with Gasteiger partial charge in [0.15, 0.2) is 12.0 Å². The van der Waals surface area contributed by atoms with Crippen molar-refractivity contribution >= 4 is 18.6 Å². The number of carbonyl (C=O) groups excluding carboxylic acids is 1. The highest BCUT2D eigenvalue weighted by atomic mass is 16.6. The molecule has 0 spiro atoms. The normalized spacial score (nSPS) is 25.0. The van der Waals surface area contributed by atoms with E-state index < -0.39 is 0 Å². The standard InChI is InChI=1S/C18H19N4O2/c1-22-8-7-19-9-16(22)17(20-13-22)15-10-21(11-15)18(23)24-12-14-5-3-2-4-6-14/h2-9,13,15H,10-12H2,1H3/q+1. The van der Waals surface area contributed by atoms with Crippen LogP contribution in [0, 0.1) is 5.92 Å². The number of hydrogen-bond donors (Lipinski definition) is 0. The molecule has 6 nitrogen and oxygen atoms in total. The van der Waals surface area contributed by atoms with E-state index in [1.165, 1.54) is 0 Å². The molecule has 3 aliphatic heterocycles. The molecule has 1 aromatic carbocycles. The number of amides is 1. The molecule has 1 unspecified atom stereocenters. The van der Waals surface area contributed by atoms with Crippen LogP contribution in [-0.2, 0) is 11.3 Å². The summed E-state index contributed by atoms with van der Waals surface area (Å²) in [6.45, 7) is 1.59. The van der Waals surface area contributed by atoms with Crippen LogP contribution in [-0.4, -0.2) is 48.2 Å². The maximum absolute atomic E-state index is 12.1. The fraction of sp³-hybridized carbons (Fsp3) is 0.278. The van der Waals surface area contributed by atoms with Gasteiger partial charge < -0.3 is 9.64 Å². The van der Waals surface area contributed by atoms with Crippen molar-refractivity contribution in [3.63, 3.8) is 0 Å². The predicted octanol–water partition coefficient (Wildman–Crippen LogP) is 2.51. The lowest BCUT2D eigenvalue weighted by molar-refractivity contribution is -0.706. The zero-order chi connectivity index (χ0) is 16.6. The number of quaternary nitrogens is 1. The summed E-state index contributed by atoms with van der Waals surface area (Å²) in [5.74, 6) is 0.249. The van der Waals surface area contributed by atoms with Crippen molar-refractivity contribution in [3.05, 3.63) is 59.7 Å². The average molecular weight is 323 g/mol. The quantitative estimate of drug-likeness (QED) is 0.803. The first-order chi connectivity index (χ1) is 11.7. The molecule has 6 heteroatoms. The van der Waals surface area contributed by atoms with Crippen LogP contribution in [0.15, 0.2) is 64.1 Å². The van der Waals surface area contributed by atoms with Gasteiger partial charge in [-0.15, -0.1) is 0 Å². The van der Waals surface area contributed by atoms with Crippen LogP contribution in [0.25, 0.3) is 0 Å².